The minimum absolute atomic E-state index is 0.838. The number of furan rings is 2. The molecule has 268 valence electrons. The molecule has 0 aliphatic heterocycles. The molecule has 0 atom stereocenters. The van der Waals surface area contributed by atoms with Gasteiger partial charge >= 0.3 is 0 Å². The van der Waals surface area contributed by atoms with Crippen molar-refractivity contribution in [1.29, 1.82) is 0 Å². The van der Waals surface area contributed by atoms with Crippen molar-refractivity contribution >= 4 is 60.9 Å². The molecule has 3 nitrogen and oxygen atoms in total. The minimum Gasteiger partial charge on any atom is -0.455 e. The first-order valence-corrected chi connectivity index (χ1v) is 19.3. The number of rotatable bonds is 7. The van der Waals surface area contributed by atoms with E-state index in [0.717, 1.165) is 88.8 Å². The maximum absolute atomic E-state index is 6.71. The number of nitrogens with zero attached hydrogens (tertiary/aromatic N) is 1. The third-order valence-corrected chi connectivity index (χ3v) is 11.1. The summed E-state index contributed by atoms with van der Waals surface area (Å²) in [6.07, 6.45) is 0. The maximum Gasteiger partial charge on any atom is 0.159 e. The summed E-state index contributed by atoms with van der Waals surface area (Å²) in [5.41, 5.74) is 15.6. The number of benzene rings is 9. The van der Waals surface area contributed by atoms with Gasteiger partial charge < -0.3 is 13.7 Å². The van der Waals surface area contributed by atoms with Gasteiger partial charge in [-0.2, -0.15) is 0 Å². The first-order valence-electron chi connectivity index (χ1n) is 19.3. The fourth-order valence-electron chi connectivity index (χ4n) is 8.45. The highest BCUT2D eigenvalue weighted by Crippen LogP contribution is 2.47. The van der Waals surface area contributed by atoms with E-state index in [4.69, 9.17) is 8.83 Å². The second-order valence-corrected chi connectivity index (χ2v) is 14.4. The van der Waals surface area contributed by atoms with Crippen LogP contribution < -0.4 is 4.90 Å². The zero-order valence-corrected chi connectivity index (χ0v) is 31.0. The van der Waals surface area contributed by atoms with Crippen LogP contribution in [0.4, 0.5) is 17.1 Å². The molecule has 2 aromatic heterocycles. The number of hydrogen-bond donors (Lipinski definition) is 0. The quantitative estimate of drug-likeness (QED) is 0.164. The molecule has 0 amide bonds. The molecule has 3 heteroatoms. The van der Waals surface area contributed by atoms with Crippen molar-refractivity contribution in [3.05, 3.63) is 212 Å². The summed E-state index contributed by atoms with van der Waals surface area (Å²) < 4.78 is 13.4. The lowest BCUT2D eigenvalue weighted by molar-refractivity contribution is 0.669. The number of para-hydroxylation sites is 4. The molecule has 0 radical (unpaired) electrons. The summed E-state index contributed by atoms with van der Waals surface area (Å²) in [4.78, 5) is 2.33. The largest absolute Gasteiger partial charge is 0.455 e. The Morgan fingerprint density at radius 3 is 1.39 bits per heavy atom. The van der Waals surface area contributed by atoms with Gasteiger partial charge in [0.15, 0.2) is 5.58 Å². The first kappa shape index (κ1) is 32.8. The van der Waals surface area contributed by atoms with Gasteiger partial charge in [-0.15, -0.1) is 0 Å². The van der Waals surface area contributed by atoms with Crippen molar-refractivity contribution in [2.45, 2.75) is 0 Å². The molecule has 0 bridgehead atoms. The van der Waals surface area contributed by atoms with E-state index in [-0.39, 0.29) is 0 Å². The van der Waals surface area contributed by atoms with Crippen molar-refractivity contribution in [2.24, 2.45) is 0 Å². The molecule has 0 fully saturated rings. The molecule has 0 N–H and O–H groups in total. The zero-order chi connectivity index (χ0) is 37.7. The number of hydrogen-bond acceptors (Lipinski definition) is 3. The van der Waals surface area contributed by atoms with E-state index in [0.29, 0.717) is 0 Å². The minimum atomic E-state index is 0.838. The number of anilines is 3. The van der Waals surface area contributed by atoms with Gasteiger partial charge in [0, 0.05) is 38.5 Å². The lowest BCUT2D eigenvalue weighted by Crippen LogP contribution is -2.10. The fraction of sp³-hybridized carbons (Fsp3) is 0. The predicted octanol–water partition coefficient (Wildman–Crippen LogP) is 15.6. The van der Waals surface area contributed by atoms with Crippen molar-refractivity contribution in [2.75, 3.05) is 4.90 Å². The monoisotopic (exact) mass is 729 g/mol. The highest BCUT2D eigenvalue weighted by molar-refractivity contribution is 6.12. The molecule has 11 rings (SSSR count). The Hall–Kier alpha value is -7.62. The van der Waals surface area contributed by atoms with E-state index in [1.165, 1.54) is 16.7 Å². The van der Waals surface area contributed by atoms with Gasteiger partial charge in [0.1, 0.15) is 16.7 Å². The molecule has 0 aliphatic rings. The summed E-state index contributed by atoms with van der Waals surface area (Å²) >= 11 is 0. The summed E-state index contributed by atoms with van der Waals surface area (Å²) in [5, 5.41) is 4.38. The first-order chi connectivity index (χ1) is 28.3. The zero-order valence-electron chi connectivity index (χ0n) is 31.0. The van der Waals surface area contributed by atoms with Gasteiger partial charge in [-0.05, 0) is 81.4 Å². The summed E-state index contributed by atoms with van der Waals surface area (Å²) in [6, 6.07) is 75.0. The fourth-order valence-corrected chi connectivity index (χ4v) is 8.45. The van der Waals surface area contributed by atoms with Crippen LogP contribution in [0.1, 0.15) is 0 Å². The average molecular weight is 730 g/mol. The second-order valence-electron chi connectivity index (χ2n) is 14.4. The van der Waals surface area contributed by atoms with Crippen molar-refractivity contribution < 1.29 is 8.83 Å². The van der Waals surface area contributed by atoms with Crippen molar-refractivity contribution in [3.8, 4) is 44.5 Å². The van der Waals surface area contributed by atoms with E-state index >= 15 is 0 Å². The Kier molecular flexibility index (Phi) is 7.82. The molecule has 2 heterocycles. The van der Waals surface area contributed by atoms with Gasteiger partial charge in [-0.3, -0.25) is 0 Å². The summed E-state index contributed by atoms with van der Waals surface area (Å²) in [7, 11) is 0. The Morgan fingerprint density at radius 1 is 0.281 bits per heavy atom. The highest BCUT2D eigenvalue weighted by atomic mass is 16.3. The van der Waals surface area contributed by atoms with E-state index in [2.05, 4.69) is 193 Å². The standard InChI is InChI=1S/C54H35NO2/c1-3-15-36(16-4-1)41-19-7-8-20-42(41)38-29-31-39(32-30-38)55(50-26-14-25-47-45-22-10-12-28-52(45)57-54(47)50)40-33-34-43(37-17-5-2-6-18-37)49(35-40)48-24-13-23-46-44-21-9-11-27-51(44)56-53(46)48/h1-35H. The molecular formula is C54H35NO2. The van der Waals surface area contributed by atoms with Crippen LogP contribution in [-0.2, 0) is 0 Å². The third-order valence-electron chi connectivity index (χ3n) is 11.1. The molecule has 0 saturated carbocycles. The normalized spacial score (nSPS) is 11.5. The van der Waals surface area contributed by atoms with Crippen molar-refractivity contribution in [3.63, 3.8) is 0 Å². The predicted molar refractivity (Wildman–Crippen MR) is 237 cm³/mol. The van der Waals surface area contributed by atoms with E-state index in [1.807, 2.05) is 24.3 Å². The van der Waals surface area contributed by atoms with Crippen LogP contribution >= 0.6 is 0 Å². The van der Waals surface area contributed by atoms with Gasteiger partial charge in [0.05, 0.1) is 5.69 Å². The summed E-state index contributed by atoms with van der Waals surface area (Å²) in [6.45, 7) is 0. The maximum atomic E-state index is 6.71. The Labute approximate surface area is 330 Å². The van der Waals surface area contributed by atoms with Crippen LogP contribution in [0.25, 0.3) is 88.4 Å². The Morgan fingerprint density at radius 2 is 0.737 bits per heavy atom. The molecular weight excluding hydrogens is 695 g/mol. The van der Waals surface area contributed by atoms with E-state index < -0.39 is 0 Å². The van der Waals surface area contributed by atoms with Crippen LogP contribution in [0, 0.1) is 0 Å². The van der Waals surface area contributed by atoms with Gasteiger partial charge in [0.25, 0.3) is 0 Å². The lowest BCUT2D eigenvalue weighted by Gasteiger charge is -2.27. The topological polar surface area (TPSA) is 29.5 Å². The van der Waals surface area contributed by atoms with Crippen LogP contribution in [0.5, 0.6) is 0 Å². The SMILES string of the molecule is c1ccc(-c2ccccc2-c2ccc(N(c3ccc(-c4ccccc4)c(-c4cccc5c4oc4ccccc45)c3)c3cccc4c3oc3ccccc34)cc2)cc1. The average Bonchev–Trinajstić information content (AvgIpc) is 3.87. The van der Waals surface area contributed by atoms with Crippen LogP contribution in [0.3, 0.4) is 0 Å². The Balaban J connectivity index is 1.14. The van der Waals surface area contributed by atoms with Crippen LogP contribution in [-0.4, -0.2) is 0 Å². The van der Waals surface area contributed by atoms with E-state index in [1.54, 1.807) is 0 Å². The molecule has 9 aromatic carbocycles. The van der Waals surface area contributed by atoms with E-state index in [9.17, 15) is 0 Å². The van der Waals surface area contributed by atoms with Crippen LogP contribution in [0.2, 0.25) is 0 Å². The highest BCUT2D eigenvalue weighted by Gasteiger charge is 2.23. The van der Waals surface area contributed by atoms with Crippen molar-refractivity contribution in [1.82, 2.24) is 0 Å². The molecule has 0 saturated heterocycles. The van der Waals surface area contributed by atoms with Gasteiger partial charge in [-0.1, -0.05) is 170 Å². The van der Waals surface area contributed by atoms with Crippen LogP contribution in [0.15, 0.2) is 221 Å². The second kappa shape index (κ2) is 13.6. The third kappa shape index (κ3) is 5.60. The lowest BCUT2D eigenvalue weighted by atomic mass is 9.92. The smallest absolute Gasteiger partial charge is 0.159 e. The van der Waals surface area contributed by atoms with Gasteiger partial charge in [0.2, 0.25) is 0 Å². The molecule has 57 heavy (non-hydrogen) atoms. The summed E-state index contributed by atoms with van der Waals surface area (Å²) in [5.74, 6) is 0. The van der Waals surface area contributed by atoms with Gasteiger partial charge in [-0.25, -0.2) is 0 Å². The molecule has 0 unspecified atom stereocenters. The molecule has 0 spiro atoms. The number of fused-ring (bicyclic) bond motifs is 6. The molecule has 11 aromatic rings. The molecule has 0 aliphatic carbocycles. The Bertz CT molecular complexity index is 3230.